The molecule has 1 saturated carbocycles. The summed E-state index contributed by atoms with van der Waals surface area (Å²) in [4.78, 5) is 0. The minimum Gasteiger partial charge on any atom is -0.327 e. The first-order valence-electron chi connectivity index (χ1n) is 5.21. The lowest BCUT2D eigenvalue weighted by molar-refractivity contribution is 0.418. The Morgan fingerprint density at radius 3 is 2.33 bits per heavy atom. The predicted octanol–water partition coefficient (Wildman–Crippen LogP) is 2.63. The molecule has 15 heavy (non-hydrogen) atoms. The highest BCUT2D eigenvalue weighted by Crippen LogP contribution is 2.48. The van der Waals surface area contributed by atoms with Gasteiger partial charge in [-0.2, -0.15) is 0 Å². The molecule has 0 aromatic heterocycles. The first kappa shape index (κ1) is 10.6. The molecule has 0 heterocycles. The van der Waals surface area contributed by atoms with Gasteiger partial charge in [-0.05, 0) is 36.8 Å². The molecule has 1 unspecified atom stereocenters. The topological polar surface area (TPSA) is 26.0 Å². The average molecular weight is 211 g/mol. The van der Waals surface area contributed by atoms with Crippen molar-refractivity contribution in [3.63, 3.8) is 0 Å². The van der Waals surface area contributed by atoms with Gasteiger partial charge in [0.2, 0.25) is 0 Å². The highest BCUT2D eigenvalue weighted by atomic mass is 19.1. The van der Waals surface area contributed by atoms with Gasteiger partial charge in [0.1, 0.15) is 11.6 Å². The minimum atomic E-state index is -0.491. The van der Waals surface area contributed by atoms with Gasteiger partial charge in [-0.25, -0.2) is 8.78 Å². The second-order valence-electron chi connectivity index (χ2n) is 4.66. The molecule has 0 bridgehead atoms. The van der Waals surface area contributed by atoms with Gasteiger partial charge in [-0.3, -0.25) is 0 Å². The number of rotatable bonds is 3. The Morgan fingerprint density at radius 2 is 1.87 bits per heavy atom. The van der Waals surface area contributed by atoms with Crippen LogP contribution in [0.2, 0.25) is 0 Å². The van der Waals surface area contributed by atoms with Crippen LogP contribution < -0.4 is 5.73 Å². The molecular weight excluding hydrogens is 196 g/mol. The van der Waals surface area contributed by atoms with E-state index in [9.17, 15) is 8.78 Å². The maximum Gasteiger partial charge on any atom is 0.129 e. The van der Waals surface area contributed by atoms with E-state index in [4.69, 9.17) is 5.73 Å². The zero-order valence-electron chi connectivity index (χ0n) is 8.76. The fraction of sp³-hybridized carbons (Fsp3) is 0.500. The quantitative estimate of drug-likeness (QED) is 0.817. The highest BCUT2D eigenvalue weighted by Gasteiger charge is 2.43. The molecule has 3 heteroatoms. The zero-order chi connectivity index (χ0) is 11.1. The van der Waals surface area contributed by atoms with E-state index in [2.05, 4.69) is 6.92 Å². The minimum absolute atomic E-state index is 0.0920. The predicted molar refractivity (Wildman–Crippen MR) is 55.4 cm³/mol. The van der Waals surface area contributed by atoms with Crippen molar-refractivity contribution >= 4 is 0 Å². The van der Waals surface area contributed by atoms with Crippen LogP contribution in [0.3, 0.4) is 0 Å². The summed E-state index contributed by atoms with van der Waals surface area (Å²) in [6.07, 6.45) is 2.41. The molecule has 2 rings (SSSR count). The van der Waals surface area contributed by atoms with Crippen LogP contribution in [0.4, 0.5) is 8.78 Å². The van der Waals surface area contributed by atoms with E-state index in [0.29, 0.717) is 0 Å². The van der Waals surface area contributed by atoms with Crippen molar-refractivity contribution in [2.75, 3.05) is 0 Å². The van der Waals surface area contributed by atoms with Gasteiger partial charge in [0.05, 0.1) is 0 Å². The smallest absolute Gasteiger partial charge is 0.129 e. The van der Waals surface area contributed by atoms with Crippen molar-refractivity contribution in [3.05, 3.63) is 35.4 Å². The summed E-state index contributed by atoms with van der Waals surface area (Å²) < 4.78 is 26.6. The normalized spacial score (nSPS) is 20.0. The molecule has 0 saturated heterocycles. The van der Waals surface area contributed by atoms with E-state index in [1.54, 1.807) is 0 Å². The molecule has 1 atom stereocenters. The van der Waals surface area contributed by atoms with Gasteiger partial charge in [0.25, 0.3) is 0 Å². The van der Waals surface area contributed by atoms with Gasteiger partial charge in [0.15, 0.2) is 0 Å². The summed E-state index contributed by atoms with van der Waals surface area (Å²) >= 11 is 0. The Balaban J connectivity index is 2.16. The highest BCUT2D eigenvalue weighted by molar-refractivity contribution is 5.21. The van der Waals surface area contributed by atoms with Crippen molar-refractivity contribution in [2.45, 2.75) is 32.2 Å². The number of hydrogen-bond donors (Lipinski definition) is 1. The third-order valence-corrected chi connectivity index (χ3v) is 3.42. The molecule has 1 fully saturated rings. The Labute approximate surface area is 88.3 Å². The fourth-order valence-corrected chi connectivity index (χ4v) is 1.76. The van der Waals surface area contributed by atoms with Crippen LogP contribution in [-0.2, 0) is 6.42 Å². The molecule has 82 valence electrons. The molecule has 0 radical (unpaired) electrons. The summed E-state index contributed by atoms with van der Waals surface area (Å²) in [5.41, 5.74) is 6.16. The van der Waals surface area contributed by atoms with Crippen LogP contribution >= 0.6 is 0 Å². The van der Waals surface area contributed by atoms with E-state index >= 15 is 0 Å². The van der Waals surface area contributed by atoms with Crippen molar-refractivity contribution in [1.82, 2.24) is 0 Å². The molecule has 1 aromatic rings. The van der Waals surface area contributed by atoms with Gasteiger partial charge in [-0.1, -0.05) is 13.0 Å². The molecule has 0 spiro atoms. The van der Waals surface area contributed by atoms with E-state index in [1.807, 2.05) is 0 Å². The van der Waals surface area contributed by atoms with Crippen LogP contribution in [0.15, 0.2) is 18.2 Å². The fourth-order valence-electron chi connectivity index (χ4n) is 1.76. The summed E-state index contributed by atoms with van der Waals surface area (Å²) in [5.74, 6) is -0.982. The van der Waals surface area contributed by atoms with Gasteiger partial charge in [0, 0.05) is 11.6 Å². The van der Waals surface area contributed by atoms with Crippen LogP contribution in [0.1, 0.15) is 25.3 Å². The van der Waals surface area contributed by atoms with Crippen molar-refractivity contribution in [1.29, 1.82) is 0 Å². The number of benzene rings is 1. The van der Waals surface area contributed by atoms with Crippen LogP contribution in [0, 0.1) is 17.0 Å². The van der Waals surface area contributed by atoms with Crippen molar-refractivity contribution < 1.29 is 8.78 Å². The Kier molecular flexibility index (Phi) is 2.51. The van der Waals surface area contributed by atoms with Gasteiger partial charge >= 0.3 is 0 Å². The molecule has 1 aliphatic carbocycles. The maximum atomic E-state index is 13.3. The monoisotopic (exact) mass is 211 g/mol. The number of hydrogen-bond acceptors (Lipinski definition) is 1. The van der Waals surface area contributed by atoms with Crippen molar-refractivity contribution in [3.8, 4) is 0 Å². The van der Waals surface area contributed by atoms with Gasteiger partial charge < -0.3 is 5.73 Å². The maximum absolute atomic E-state index is 13.3. The SMILES string of the molecule is CC1(C(N)Cc2c(F)cccc2F)CC1. The van der Waals surface area contributed by atoms with E-state index < -0.39 is 11.6 Å². The molecule has 0 amide bonds. The van der Waals surface area contributed by atoms with Crippen LogP contribution in [-0.4, -0.2) is 6.04 Å². The molecule has 1 nitrogen and oxygen atoms in total. The lowest BCUT2D eigenvalue weighted by Gasteiger charge is -2.19. The summed E-state index contributed by atoms with van der Waals surface area (Å²) in [6, 6.07) is 3.78. The summed E-state index contributed by atoms with van der Waals surface area (Å²) in [7, 11) is 0. The van der Waals surface area contributed by atoms with E-state index in [-0.39, 0.29) is 23.4 Å². The van der Waals surface area contributed by atoms with E-state index in [1.165, 1.54) is 18.2 Å². The molecule has 0 aliphatic heterocycles. The number of halogens is 2. The standard InChI is InChI=1S/C12H15F2N/c1-12(5-6-12)11(15)7-8-9(13)3-2-4-10(8)14/h2-4,11H,5-7,15H2,1H3. The second-order valence-corrected chi connectivity index (χ2v) is 4.66. The van der Waals surface area contributed by atoms with Gasteiger partial charge in [-0.15, -0.1) is 0 Å². The first-order chi connectivity index (χ1) is 7.03. The van der Waals surface area contributed by atoms with Crippen LogP contribution in [0.5, 0.6) is 0 Å². The summed E-state index contributed by atoms with van der Waals surface area (Å²) in [5, 5.41) is 0. The lowest BCUT2D eigenvalue weighted by atomic mass is 9.93. The molecule has 1 aromatic carbocycles. The Morgan fingerprint density at radius 1 is 1.33 bits per heavy atom. The van der Waals surface area contributed by atoms with E-state index in [0.717, 1.165) is 12.8 Å². The molecule has 2 N–H and O–H groups in total. The Hall–Kier alpha value is -0.960. The average Bonchev–Trinajstić information content (AvgIpc) is 2.91. The second kappa shape index (κ2) is 3.56. The Bertz CT molecular complexity index is 352. The first-order valence-corrected chi connectivity index (χ1v) is 5.21. The summed E-state index contributed by atoms with van der Waals surface area (Å²) in [6.45, 7) is 2.07. The zero-order valence-corrected chi connectivity index (χ0v) is 8.76. The number of nitrogens with two attached hydrogens (primary N) is 1. The largest absolute Gasteiger partial charge is 0.327 e. The van der Waals surface area contributed by atoms with Crippen LogP contribution in [0.25, 0.3) is 0 Å². The lowest BCUT2D eigenvalue weighted by Crippen LogP contribution is -2.32. The molecule has 1 aliphatic rings. The molecular formula is C12H15F2N. The third-order valence-electron chi connectivity index (χ3n) is 3.42. The van der Waals surface area contributed by atoms with Crippen molar-refractivity contribution in [2.24, 2.45) is 11.1 Å². The third kappa shape index (κ3) is 2.02.